The monoisotopic (exact) mass is 296 g/mol. The maximum absolute atomic E-state index is 11.4. The molecule has 3 nitrogen and oxygen atoms in total. The molecule has 1 N–H and O–H groups in total. The first kappa shape index (κ1) is 15.5. The molecular weight excluding hydrogens is 272 g/mol. The van der Waals surface area contributed by atoms with E-state index in [-0.39, 0.29) is 17.4 Å². The molecule has 1 aromatic rings. The van der Waals surface area contributed by atoms with Crippen LogP contribution in [0.25, 0.3) is 0 Å². The normalized spacial score (nSPS) is 22.9. The topological polar surface area (TPSA) is 54.4 Å². The zero-order valence-corrected chi connectivity index (χ0v) is 13.3. The van der Waals surface area contributed by atoms with E-state index < -0.39 is 15.9 Å². The van der Waals surface area contributed by atoms with Gasteiger partial charge in [0, 0.05) is 0 Å². The lowest BCUT2D eigenvalue weighted by atomic mass is 9.91. The summed E-state index contributed by atoms with van der Waals surface area (Å²) in [4.78, 5) is 0. The zero-order chi connectivity index (χ0) is 14.9. The molecule has 2 rings (SSSR count). The van der Waals surface area contributed by atoms with E-state index >= 15 is 0 Å². The first-order chi connectivity index (χ1) is 9.27. The second kappa shape index (κ2) is 5.86. The largest absolute Gasteiger partial charge is 0.393 e. The van der Waals surface area contributed by atoms with E-state index in [1.165, 1.54) is 22.3 Å². The summed E-state index contributed by atoms with van der Waals surface area (Å²) in [6.45, 7) is 6.22. The number of hydrogen-bond acceptors (Lipinski definition) is 3. The molecule has 1 heterocycles. The minimum Gasteiger partial charge on any atom is -0.393 e. The number of benzene rings is 1. The van der Waals surface area contributed by atoms with Gasteiger partial charge in [-0.25, -0.2) is 8.42 Å². The highest BCUT2D eigenvalue weighted by molar-refractivity contribution is 7.91. The fourth-order valence-corrected chi connectivity index (χ4v) is 5.17. The molecule has 1 aliphatic rings. The average molecular weight is 296 g/mol. The highest BCUT2D eigenvalue weighted by atomic mass is 32.2. The maximum Gasteiger partial charge on any atom is 0.150 e. The Balaban J connectivity index is 2.00. The SMILES string of the molecule is Cc1cc(C)c(CC(O)CC2CCS(=O)(=O)C2)c(C)c1. The van der Waals surface area contributed by atoms with Gasteiger partial charge < -0.3 is 5.11 Å². The van der Waals surface area contributed by atoms with Crippen LogP contribution in [0.1, 0.15) is 35.1 Å². The number of rotatable bonds is 4. The van der Waals surface area contributed by atoms with Crippen molar-refractivity contribution in [2.75, 3.05) is 11.5 Å². The number of hydrogen-bond donors (Lipinski definition) is 1. The van der Waals surface area contributed by atoms with Crippen molar-refractivity contribution in [1.29, 1.82) is 0 Å². The van der Waals surface area contributed by atoms with Gasteiger partial charge in [0.05, 0.1) is 17.6 Å². The van der Waals surface area contributed by atoms with Crippen LogP contribution in [0.3, 0.4) is 0 Å². The Hall–Kier alpha value is -0.870. The molecule has 0 radical (unpaired) electrons. The van der Waals surface area contributed by atoms with E-state index in [0.717, 1.165) is 0 Å². The number of aryl methyl sites for hydroxylation is 3. The van der Waals surface area contributed by atoms with Crippen LogP contribution in [-0.2, 0) is 16.3 Å². The van der Waals surface area contributed by atoms with E-state index in [9.17, 15) is 13.5 Å². The molecular formula is C16H24O3S. The van der Waals surface area contributed by atoms with Crippen molar-refractivity contribution < 1.29 is 13.5 Å². The fourth-order valence-electron chi connectivity index (χ4n) is 3.29. The molecule has 0 aromatic heterocycles. The standard InChI is InChI=1S/C16H24O3S/c1-11-6-12(2)16(13(3)7-11)9-15(17)8-14-4-5-20(18,19)10-14/h6-7,14-15,17H,4-5,8-10H2,1-3H3. The van der Waals surface area contributed by atoms with Gasteiger partial charge in [0.1, 0.15) is 0 Å². The highest BCUT2D eigenvalue weighted by Crippen LogP contribution is 2.25. The van der Waals surface area contributed by atoms with Gasteiger partial charge >= 0.3 is 0 Å². The van der Waals surface area contributed by atoms with Gasteiger partial charge in [-0.2, -0.15) is 0 Å². The van der Waals surface area contributed by atoms with Crippen LogP contribution >= 0.6 is 0 Å². The third kappa shape index (κ3) is 3.83. The molecule has 4 heteroatoms. The van der Waals surface area contributed by atoms with Crippen LogP contribution in [0.5, 0.6) is 0 Å². The van der Waals surface area contributed by atoms with Gasteiger partial charge in [-0.1, -0.05) is 17.7 Å². The lowest BCUT2D eigenvalue weighted by Crippen LogP contribution is -2.18. The smallest absolute Gasteiger partial charge is 0.150 e. The Bertz CT molecular complexity index is 567. The molecule has 0 aliphatic carbocycles. The third-order valence-electron chi connectivity index (χ3n) is 4.21. The summed E-state index contributed by atoms with van der Waals surface area (Å²) in [6, 6.07) is 4.27. The molecule has 0 spiro atoms. The maximum atomic E-state index is 11.4. The van der Waals surface area contributed by atoms with Crippen LogP contribution in [0.2, 0.25) is 0 Å². The molecule has 1 fully saturated rings. The van der Waals surface area contributed by atoms with Crippen molar-refractivity contribution in [3.05, 3.63) is 34.4 Å². The molecule has 112 valence electrons. The Kier molecular flexibility index (Phi) is 4.55. The lowest BCUT2D eigenvalue weighted by molar-refractivity contribution is 0.146. The van der Waals surface area contributed by atoms with Crippen molar-refractivity contribution in [1.82, 2.24) is 0 Å². The quantitative estimate of drug-likeness (QED) is 0.928. The zero-order valence-electron chi connectivity index (χ0n) is 12.5. The molecule has 1 saturated heterocycles. The average Bonchev–Trinajstić information content (AvgIpc) is 2.63. The molecule has 20 heavy (non-hydrogen) atoms. The number of aliphatic hydroxyl groups excluding tert-OH is 1. The van der Waals surface area contributed by atoms with Gasteiger partial charge in [-0.3, -0.25) is 0 Å². The minimum absolute atomic E-state index is 0.126. The van der Waals surface area contributed by atoms with Crippen LogP contribution in [-0.4, -0.2) is 31.1 Å². The predicted octanol–water partition coefficient (Wildman–Crippen LogP) is 2.34. The van der Waals surface area contributed by atoms with Crippen molar-refractivity contribution >= 4 is 9.84 Å². The Labute approximate surface area is 121 Å². The predicted molar refractivity (Wildman–Crippen MR) is 81.7 cm³/mol. The summed E-state index contributed by atoms with van der Waals surface area (Å²) < 4.78 is 22.9. The van der Waals surface area contributed by atoms with Crippen LogP contribution in [0, 0.1) is 26.7 Å². The third-order valence-corrected chi connectivity index (χ3v) is 6.05. The summed E-state index contributed by atoms with van der Waals surface area (Å²) in [5.74, 6) is 0.657. The van der Waals surface area contributed by atoms with Crippen molar-refractivity contribution in [2.24, 2.45) is 5.92 Å². The first-order valence-electron chi connectivity index (χ1n) is 7.22. The summed E-state index contributed by atoms with van der Waals surface area (Å²) in [7, 11) is -2.85. The minimum atomic E-state index is -2.85. The summed E-state index contributed by atoms with van der Waals surface area (Å²) in [5, 5.41) is 10.3. The van der Waals surface area contributed by atoms with E-state index in [2.05, 4.69) is 32.9 Å². The lowest BCUT2D eigenvalue weighted by Gasteiger charge is -2.18. The van der Waals surface area contributed by atoms with Crippen LogP contribution in [0.15, 0.2) is 12.1 Å². The Morgan fingerprint density at radius 3 is 2.35 bits per heavy atom. The van der Waals surface area contributed by atoms with Crippen molar-refractivity contribution in [2.45, 2.75) is 46.1 Å². The molecule has 2 atom stereocenters. The first-order valence-corrected chi connectivity index (χ1v) is 9.04. The summed E-state index contributed by atoms with van der Waals surface area (Å²) in [6.07, 6.45) is 1.46. The Morgan fingerprint density at radius 2 is 1.85 bits per heavy atom. The number of aliphatic hydroxyl groups is 1. The Morgan fingerprint density at radius 1 is 1.25 bits per heavy atom. The fraction of sp³-hybridized carbons (Fsp3) is 0.625. The van der Waals surface area contributed by atoms with Crippen LogP contribution < -0.4 is 0 Å². The second-order valence-corrected chi connectivity index (χ2v) is 8.47. The molecule has 0 saturated carbocycles. The molecule has 1 aromatic carbocycles. The highest BCUT2D eigenvalue weighted by Gasteiger charge is 2.29. The van der Waals surface area contributed by atoms with Gasteiger partial charge in [0.25, 0.3) is 0 Å². The van der Waals surface area contributed by atoms with E-state index in [1.807, 2.05) is 0 Å². The van der Waals surface area contributed by atoms with Gasteiger partial charge in [-0.15, -0.1) is 0 Å². The molecule has 2 unspecified atom stereocenters. The van der Waals surface area contributed by atoms with E-state index in [4.69, 9.17) is 0 Å². The van der Waals surface area contributed by atoms with Crippen molar-refractivity contribution in [3.63, 3.8) is 0 Å². The van der Waals surface area contributed by atoms with Crippen molar-refractivity contribution in [3.8, 4) is 0 Å². The summed E-state index contributed by atoms with van der Waals surface area (Å²) >= 11 is 0. The van der Waals surface area contributed by atoms with Gasteiger partial charge in [0.15, 0.2) is 9.84 Å². The number of sulfone groups is 1. The van der Waals surface area contributed by atoms with Gasteiger partial charge in [-0.05, 0) is 62.6 Å². The molecule has 1 aliphatic heterocycles. The van der Waals surface area contributed by atoms with Gasteiger partial charge in [0.2, 0.25) is 0 Å². The molecule has 0 amide bonds. The van der Waals surface area contributed by atoms with Crippen LogP contribution in [0.4, 0.5) is 0 Å². The van der Waals surface area contributed by atoms with E-state index in [0.29, 0.717) is 19.3 Å². The molecule has 0 bridgehead atoms. The van der Waals surface area contributed by atoms with E-state index in [1.54, 1.807) is 0 Å². The summed E-state index contributed by atoms with van der Waals surface area (Å²) in [5.41, 5.74) is 4.85. The second-order valence-electron chi connectivity index (χ2n) is 6.24.